The maximum Gasteiger partial charge on any atom is 0.306 e. The molecule has 0 unspecified atom stereocenters. The quantitative estimate of drug-likeness (QED) is 0.476. The number of rotatable bonds is 5. The van der Waals surface area contributed by atoms with E-state index in [-0.39, 0.29) is 11.9 Å². The summed E-state index contributed by atoms with van der Waals surface area (Å²) >= 11 is 0. The van der Waals surface area contributed by atoms with E-state index in [1.54, 1.807) is 6.33 Å². The average Bonchev–Trinajstić information content (AvgIpc) is 3.28. The summed E-state index contributed by atoms with van der Waals surface area (Å²) in [4.78, 5) is 16.9. The van der Waals surface area contributed by atoms with Gasteiger partial charge in [0.2, 0.25) is 0 Å². The zero-order valence-electron chi connectivity index (χ0n) is 15.4. The van der Waals surface area contributed by atoms with Crippen LogP contribution >= 0.6 is 0 Å². The van der Waals surface area contributed by atoms with Crippen molar-refractivity contribution in [3.8, 4) is 11.1 Å². The highest BCUT2D eigenvalue weighted by molar-refractivity contribution is 5.82. The molecule has 0 aliphatic heterocycles. The normalized spacial score (nSPS) is 12.7. The lowest BCUT2D eigenvalue weighted by Gasteiger charge is -2.13. The van der Waals surface area contributed by atoms with Crippen LogP contribution in [0, 0.1) is 0 Å². The number of esters is 1. The van der Waals surface area contributed by atoms with Gasteiger partial charge in [-0.05, 0) is 34.4 Å². The van der Waals surface area contributed by atoms with Crippen LogP contribution in [0.4, 0.5) is 0 Å². The molecule has 0 saturated carbocycles. The van der Waals surface area contributed by atoms with E-state index in [4.69, 9.17) is 4.74 Å². The largest absolute Gasteiger partial charge is 0.464 e. The number of fused-ring (bicyclic) bond motifs is 4. The van der Waals surface area contributed by atoms with E-state index in [0.29, 0.717) is 19.6 Å². The number of nitrogens with zero attached hydrogens (tertiary/aromatic N) is 2. The fraction of sp³-hybridized carbons (Fsp3) is 0.167. The number of aromatic nitrogens is 2. The molecule has 0 radical (unpaired) electrons. The van der Waals surface area contributed by atoms with Gasteiger partial charge in [-0.3, -0.25) is 4.79 Å². The number of benzene rings is 3. The Kier molecular flexibility index (Phi) is 4.17. The van der Waals surface area contributed by atoms with Gasteiger partial charge < -0.3 is 9.30 Å². The maximum atomic E-state index is 12.6. The number of carbonyl (C=O) groups excluding carboxylic acids is 1. The van der Waals surface area contributed by atoms with Gasteiger partial charge in [-0.2, -0.15) is 0 Å². The van der Waals surface area contributed by atoms with Crippen molar-refractivity contribution in [3.05, 3.63) is 90.3 Å². The van der Waals surface area contributed by atoms with Crippen LogP contribution in [0.25, 0.3) is 22.2 Å². The molecule has 138 valence electrons. The van der Waals surface area contributed by atoms with Gasteiger partial charge in [0.15, 0.2) is 0 Å². The molecule has 4 heteroatoms. The summed E-state index contributed by atoms with van der Waals surface area (Å²) in [5.74, 6) is -0.102. The molecular formula is C24H20N2O2. The molecule has 1 heterocycles. The summed E-state index contributed by atoms with van der Waals surface area (Å²) in [6, 6.07) is 24.6. The highest BCUT2D eigenvalue weighted by Crippen LogP contribution is 2.46. The Morgan fingerprint density at radius 2 is 1.54 bits per heavy atom. The predicted octanol–water partition coefficient (Wildman–Crippen LogP) is 4.78. The molecule has 0 bridgehead atoms. The average molecular weight is 368 g/mol. The Hall–Kier alpha value is -3.40. The van der Waals surface area contributed by atoms with Crippen molar-refractivity contribution in [1.82, 2.24) is 9.55 Å². The van der Waals surface area contributed by atoms with Crippen molar-refractivity contribution in [3.63, 3.8) is 0 Å². The van der Waals surface area contributed by atoms with Crippen LogP contribution in [0.5, 0.6) is 0 Å². The second-order valence-electron chi connectivity index (χ2n) is 7.08. The van der Waals surface area contributed by atoms with Crippen LogP contribution in [-0.2, 0) is 16.1 Å². The smallest absolute Gasteiger partial charge is 0.306 e. The monoisotopic (exact) mass is 368 g/mol. The van der Waals surface area contributed by atoms with E-state index in [1.165, 1.54) is 22.3 Å². The molecule has 1 aliphatic carbocycles. The lowest BCUT2D eigenvalue weighted by Crippen LogP contribution is -2.13. The minimum atomic E-state index is -0.166. The van der Waals surface area contributed by atoms with Crippen molar-refractivity contribution in [2.45, 2.75) is 18.9 Å². The molecule has 0 saturated heterocycles. The topological polar surface area (TPSA) is 44.1 Å². The lowest BCUT2D eigenvalue weighted by molar-refractivity contribution is -0.144. The number of para-hydroxylation sites is 2. The Bertz CT molecular complexity index is 1120. The van der Waals surface area contributed by atoms with Gasteiger partial charge in [-0.1, -0.05) is 60.7 Å². The molecule has 5 rings (SSSR count). The Labute approximate surface area is 163 Å². The first kappa shape index (κ1) is 16.8. The number of hydrogen-bond acceptors (Lipinski definition) is 3. The van der Waals surface area contributed by atoms with Crippen LogP contribution in [0.3, 0.4) is 0 Å². The molecule has 0 amide bonds. The first-order valence-corrected chi connectivity index (χ1v) is 9.55. The molecule has 4 aromatic rings. The highest BCUT2D eigenvalue weighted by atomic mass is 16.5. The fourth-order valence-corrected chi connectivity index (χ4v) is 4.15. The van der Waals surface area contributed by atoms with E-state index in [0.717, 1.165) is 11.0 Å². The van der Waals surface area contributed by atoms with Gasteiger partial charge in [0.25, 0.3) is 0 Å². The third kappa shape index (κ3) is 2.87. The minimum absolute atomic E-state index is 0.0639. The maximum absolute atomic E-state index is 12.6. The lowest BCUT2D eigenvalue weighted by atomic mass is 9.94. The van der Waals surface area contributed by atoms with Crippen molar-refractivity contribution < 1.29 is 9.53 Å². The molecular weight excluding hydrogens is 348 g/mol. The number of hydrogen-bond donors (Lipinski definition) is 0. The summed E-state index contributed by atoms with van der Waals surface area (Å²) in [6.07, 6.45) is 2.15. The second-order valence-corrected chi connectivity index (χ2v) is 7.08. The van der Waals surface area contributed by atoms with Gasteiger partial charge in [0, 0.05) is 5.92 Å². The van der Waals surface area contributed by atoms with Crippen molar-refractivity contribution in [2.24, 2.45) is 0 Å². The molecule has 3 aromatic carbocycles. The van der Waals surface area contributed by atoms with Crippen LogP contribution in [0.2, 0.25) is 0 Å². The molecule has 0 spiro atoms. The van der Waals surface area contributed by atoms with E-state index in [1.807, 2.05) is 53.1 Å². The van der Waals surface area contributed by atoms with Crippen molar-refractivity contribution >= 4 is 17.0 Å². The summed E-state index contributed by atoms with van der Waals surface area (Å²) in [5, 5.41) is 0. The van der Waals surface area contributed by atoms with Crippen molar-refractivity contribution in [1.29, 1.82) is 0 Å². The third-order valence-corrected chi connectivity index (χ3v) is 5.46. The van der Waals surface area contributed by atoms with Gasteiger partial charge in [0.05, 0.1) is 30.3 Å². The molecule has 0 atom stereocenters. The molecule has 1 aromatic heterocycles. The molecule has 4 nitrogen and oxygen atoms in total. The Morgan fingerprint density at radius 1 is 0.893 bits per heavy atom. The summed E-state index contributed by atoms with van der Waals surface area (Å²) in [5.41, 5.74) is 6.87. The second kappa shape index (κ2) is 6.97. The standard InChI is InChI=1S/C24H20N2O2/c27-24(28-14-13-26-16-25-22-11-5-6-12-23(22)26)15-21-19-9-3-1-7-17(19)18-8-2-4-10-20(18)21/h1-12,16,21H,13-15H2. The summed E-state index contributed by atoms with van der Waals surface area (Å²) in [6.45, 7) is 0.944. The van der Waals surface area contributed by atoms with Crippen molar-refractivity contribution in [2.75, 3.05) is 6.61 Å². The van der Waals surface area contributed by atoms with Gasteiger partial charge in [0.1, 0.15) is 6.61 Å². The van der Waals surface area contributed by atoms with Crippen LogP contribution in [0.15, 0.2) is 79.1 Å². The minimum Gasteiger partial charge on any atom is -0.464 e. The predicted molar refractivity (Wildman–Crippen MR) is 109 cm³/mol. The van der Waals surface area contributed by atoms with Crippen LogP contribution in [-0.4, -0.2) is 22.1 Å². The number of ether oxygens (including phenoxy) is 1. The number of imidazole rings is 1. The van der Waals surface area contributed by atoms with Crippen LogP contribution < -0.4 is 0 Å². The SMILES string of the molecule is O=C(CC1c2ccccc2-c2ccccc21)OCCn1cnc2ccccc21. The Balaban J connectivity index is 1.27. The molecule has 1 aliphatic rings. The fourth-order valence-electron chi connectivity index (χ4n) is 4.15. The third-order valence-electron chi connectivity index (χ3n) is 5.46. The molecule has 0 N–H and O–H groups in total. The van der Waals surface area contributed by atoms with Gasteiger partial charge in [-0.25, -0.2) is 4.98 Å². The van der Waals surface area contributed by atoms with Crippen LogP contribution in [0.1, 0.15) is 23.5 Å². The zero-order chi connectivity index (χ0) is 18.9. The number of carbonyl (C=O) groups is 1. The first-order valence-electron chi connectivity index (χ1n) is 9.55. The summed E-state index contributed by atoms with van der Waals surface area (Å²) < 4.78 is 7.59. The van der Waals surface area contributed by atoms with E-state index in [9.17, 15) is 4.79 Å². The zero-order valence-corrected chi connectivity index (χ0v) is 15.4. The van der Waals surface area contributed by atoms with E-state index >= 15 is 0 Å². The first-order chi connectivity index (χ1) is 13.8. The van der Waals surface area contributed by atoms with E-state index < -0.39 is 0 Å². The summed E-state index contributed by atoms with van der Waals surface area (Å²) in [7, 11) is 0. The van der Waals surface area contributed by atoms with Gasteiger partial charge >= 0.3 is 5.97 Å². The molecule has 0 fully saturated rings. The molecule has 28 heavy (non-hydrogen) atoms. The van der Waals surface area contributed by atoms with E-state index in [2.05, 4.69) is 29.2 Å². The van der Waals surface area contributed by atoms with Gasteiger partial charge in [-0.15, -0.1) is 0 Å². The highest BCUT2D eigenvalue weighted by Gasteiger charge is 2.30. The Morgan fingerprint density at radius 3 is 2.29 bits per heavy atom.